The lowest BCUT2D eigenvalue weighted by Gasteiger charge is -2.12. The Morgan fingerprint density at radius 2 is 1.85 bits per heavy atom. The summed E-state index contributed by atoms with van der Waals surface area (Å²) in [5.74, 6) is 0.558. The number of ether oxygens (including phenoxy) is 1. The molecule has 0 saturated carbocycles. The second-order valence-corrected chi connectivity index (χ2v) is 6.43. The third-order valence-corrected chi connectivity index (χ3v) is 4.26. The fourth-order valence-electron chi connectivity index (χ4n) is 2.57. The van der Waals surface area contributed by atoms with Gasteiger partial charge in [0.2, 0.25) is 5.95 Å². The van der Waals surface area contributed by atoms with E-state index in [9.17, 15) is 4.79 Å². The lowest BCUT2D eigenvalue weighted by molar-refractivity contribution is 0.0601. The highest BCUT2D eigenvalue weighted by Gasteiger charge is 2.10. The lowest BCUT2D eigenvalue weighted by atomic mass is 10.1. The van der Waals surface area contributed by atoms with Crippen LogP contribution in [0, 0.1) is 13.8 Å². The molecule has 2 aromatic carbocycles. The monoisotopic (exact) mass is 382 g/mol. The highest BCUT2D eigenvalue weighted by atomic mass is 35.5. The number of anilines is 4. The molecule has 1 aromatic heterocycles. The topological polar surface area (TPSA) is 76.1 Å². The number of carbonyl (C=O) groups excluding carboxylic acids is 1. The van der Waals surface area contributed by atoms with Gasteiger partial charge in [-0.3, -0.25) is 0 Å². The van der Waals surface area contributed by atoms with E-state index >= 15 is 0 Å². The number of hydrogen-bond donors (Lipinski definition) is 2. The van der Waals surface area contributed by atoms with Gasteiger partial charge in [0.05, 0.1) is 23.4 Å². The number of aryl methyl sites for hydroxylation is 2. The summed E-state index contributed by atoms with van der Waals surface area (Å²) in [5.41, 5.74) is 4.17. The quantitative estimate of drug-likeness (QED) is 0.603. The molecule has 138 valence electrons. The van der Waals surface area contributed by atoms with Crippen molar-refractivity contribution in [3.8, 4) is 0 Å². The Kier molecular flexibility index (Phi) is 5.57. The molecule has 0 spiro atoms. The zero-order chi connectivity index (χ0) is 19.4. The van der Waals surface area contributed by atoms with Crippen molar-refractivity contribution in [1.29, 1.82) is 0 Å². The van der Waals surface area contributed by atoms with Gasteiger partial charge >= 0.3 is 5.97 Å². The van der Waals surface area contributed by atoms with Crippen molar-refractivity contribution in [2.75, 3.05) is 17.7 Å². The van der Waals surface area contributed by atoms with Crippen LogP contribution < -0.4 is 10.6 Å². The van der Waals surface area contributed by atoms with E-state index in [1.807, 2.05) is 26.0 Å². The molecule has 0 saturated heterocycles. The van der Waals surface area contributed by atoms with Crippen LogP contribution in [0.1, 0.15) is 21.5 Å². The first-order chi connectivity index (χ1) is 13.0. The summed E-state index contributed by atoms with van der Waals surface area (Å²) >= 11 is 6.23. The highest BCUT2D eigenvalue weighted by molar-refractivity contribution is 6.33. The minimum absolute atomic E-state index is 0.395. The smallest absolute Gasteiger partial charge is 0.337 e. The standard InChI is InChI=1S/C20H19ClN4O2/c1-12-4-7-16(13(2)10-12)24-20-22-9-8-18(25-20)23-17-11-14(19(26)27-3)5-6-15(17)21/h4-11H,1-3H3,(H2,22,23,24,25). The summed E-state index contributed by atoms with van der Waals surface area (Å²) in [6, 6.07) is 12.7. The van der Waals surface area contributed by atoms with E-state index in [4.69, 9.17) is 16.3 Å². The summed E-state index contributed by atoms with van der Waals surface area (Å²) in [6.45, 7) is 4.07. The molecule has 0 bridgehead atoms. The number of hydrogen-bond acceptors (Lipinski definition) is 6. The van der Waals surface area contributed by atoms with Crippen LogP contribution >= 0.6 is 11.6 Å². The van der Waals surface area contributed by atoms with Crippen molar-refractivity contribution < 1.29 is 9.53 Å². The molecule has 7 heteroatoms. The minimum Gasteiger partial charge on any atom is -0.465 e. The van der Waals surface area contributed by atoms with Gasteiger partial charge in [-0.15, -0.1) is 0 Å². The number of benzene rings is 2. The van der Waals surface area contributed by atoms with Crippen LogP contribution in [0.25, 0.3) is 0 Å². The molecule has 3 rings (SSSR count). The maximum absolute atomic E-state index is 11.7. The molecule has 3 aromatic rings. The Bertz CT molecular complexity index is 991. The van der Waals surface area contributed by atoms with E-state index < -0.39 is 5.97 Å². The van der Waals surface area contributed by atoms with Gasteiger partial charge in [-0.25, -0.2) is 9.78 Å². The van der Waals surface area contributed by atoms with Crippen LogP contribution in [0.5, 0.6) is 0 Å². The van der Waals surface area contributed by atoms with Crippen LogP contribution in [-0.2, 0) is 4.74 Å². The fourth-order valence-corrected chi connectivity index (χ4v) is 2.73. The predicted octanol–water partition coefficient (Wildman–Crippen LogP) is 5.02. The average molecular weight is 383 g/mol. The lowest BCUT2D eigenvalue weighted by Crippen LogP contribution is -2.04. The Labute approximate surface area is 162 Å². The van der Waals surface area contributed by atoms with Gasteiger partial charge in [-0.05, 0) is 49.7 Å². The van der Waals surface area contributed by atoms with E-state index in [1.54, 1.807) is 30.5 Å². The van der Waals surface area contributed by atoms with E-state index in [-0.39, 0.29) is 0 Å². The molecule has 1 heterocycles. The third kappa shape index (κ3) is 4.54. The second-order valence-electron chi connectivity index (χ2n) is 6.02. The van der Waals surface area contributed by atoms with Gasteiger partial charge in [0.25, 0.3) is 0 Å². The molecule has 0 unspecified atom stereocenters. The van der Waals surface area contributed by atoms with E-state index in [2.05, 4.69) is 26.7 Å². The van der Waals surface area contributed by atoms with Gasteiger partial charge in [-0.2, -0.15) is 4.98 Å². The maximum atomic E-state index is 11.7. The molecular formula is C20H19ClN4O2. The minimum atomic E-state index is -0.436. The summed E-state index contributed by atoms with van der Waals surface area (Å²) in [5, 5.41) is 6.78. The number of nitrogens with zero attached hydrogens (tertiary/aromatic N) is 2. The summed E-state index contributed by atoms with van der Waals surface area (Å²) in [7, 11) is 1.33. The molecule has 0 amide bonds. The van der Waals surface area contributed by atoms with Crippen molar-refractivity contribution in [3.63, 3.8) is 0 Å². The van der Waals surface area contributed by atoms with Crippen molar-refractivity contribution in [1.82, 2.24) is 9.97 Å². The fraction of sp³-hybridized carbons (Fsp3) is 0.150. The van der Waals surface area contributed by atoms with Crippen LogP contribution in [0.15, 0.2) is 48.7 Å². The first-order valence-electron chi connectivity index (χ1n) is 8.28. The second kappa shape index (κ2) is 8.05. The molecule has 2 N–H and O–H groups in total. The van der Waals surface area contributed by atoms with Gasteiger partial charge < -0.3 is 15.4 Å². The largest absolute Gasteiger partial charge is 0.465 e. The summed E-state index contributed by atoms with van der Waals surface area (Å²) in [6.07, 6.45) is 1.64. The van der Waals surface area contributed by atoms with Gasteiger partial charge in [0, 0.05) is 11.9 Å². The predicted molar refractivity (Wildman–Crippen MR) is 107 cm³/mol. The van der Waals surface area contributed by atoms with Crippen molar-refractivity contribution in [2.24, 2.45) is 0 Å². The summed E-state index contributed by atoms with van der Waals surface area (Å²) < 4.78 is 4.74. The molecule has 6 nitrogen and oxygen atoms in total. The number of aromatic nitrogens is 2. The normalized spacial score (nSPS) is 10.4. The van der Waals surface area contributed by atoms with Crippen molar-refractivity contribution in [3.05, 3.63) is 70.4 Å². The van der Waals surface area contributed by atoms with E-state index in [1.165, 1.54) is 12.7 Å². The molecule has 0 aliphatic carbocycles. The van der Waals surface area contributed by atoms with E-state index in [0.29, 0.717) is 28.0 Å². The Hall–Kier alpha value is -3.12. The Morgan fingerprint density at radius 3 is 2.59 bits per heavy atom. The highest BCUT2D eigenvalue weighted by Crippen LogP contribution is 2.27. The average Bonchev–Trinajstić information content (AvgIpc) is 2.65. The Balaban J connectivity index is 1.83. The van der Waals surface area contributed by atoms with Crippen LogP contribution in [0.4, 0.5) is 23.1 Å². The SMILES string of the molecule is COC(=O)c1ccc(Cl)c(Nc2ccnc(Nc3ccc(C)cc3C)n2)c1. The number of esters is 1. The molecule has 0 radical (unpaired) electrons. The zero-order valence-corrected chi connectivity index (χ0v) is 16.0. The van der Waals surface area contributed by atoms with Crippen LogP contribution in [0.2, 0.25) is 5.02 Å². The molecule has 0 aliphatic rings. The number of methoxy groups -OCH3 is 1. The molecule has 0 atom stereocenters. The van der Waals surface area contributed by atoms with Gasteiger partial charge in [0.1, 0.15) is 5.82 Å². The first kappa shape index (κ1) is 18.7. The first-order valence-corrected chi connectivity index (χ1v) is 8.66. The number of carbonyl (C=O) groups is 1. The molecule has 0 fully saturated rings. The number of halogens is 1. The van der Waals surface area contributed by atoms with Gasteiger partial charge in [0.15, 0.2) is 0 Å². The van der Waals surface area contributed by atoms with E-state index in [0.717, 1.165) is 11.3 Å². The third-order valence-electron chi connectivity index (χ3n) is 3.93. The van der Waals surface area contributed by atoms with Crippen LogP contribution in [0.3, 0.4) is 0 Å². The van der Waals surface area contributed by atoms with Gasteiger partial charge in [-0.1, -0.05) is 29.3 Å². The molecule has 0 aliphatic heterocycles. The summed E-state index contributed by atoms with van der Waals surface area (Å²) in [4.78, 5) is 20.4. The molecule has 27 heavy (non-hydrogen) atoms. The van der Waals surface area contributed by atoms with Crippen LogP contribution in [-0.4, -0.2) is 23.0 Å². The zero-order valence-electron chi connectivity index (χ0n) is 15.2. The number of nitrogens with one attached hydrogen (secondary N) is 2. The Morgan fingerprint density at radius 1 is 1.04 bits per heavy atom. The molecular weight excluding hydrogens is 364 g/mol. The van der Waals surface area contributed by atoms with Crippen molar-refractivity contribution in [2.45, 2.75) is 13.8 Å². The number of rotatable bonds is 5. The van der Waals surface area contributed by atoms with Crippen molar-refractivity contribution >= 4 is 40.7 Å². The maximum Gasteiger partial charge on any atom is 0.337 e.